The molecule has 2 rings (SSSR count). The van der Waals surface area contributed by atoms with Crippen molar-refractivity contribution < 1.29 is 4.79 Å². The van der Waals surface area contributed by atoms with Gasteiger partial charge in [-0.25, -0.2) is 9.97 Å². The van der Waals surface area contributed by atoms with Crippen LogP contribution in [0.1, 0.15) is 33.2 Å². The van der Waals surface area contributed by atoms with Crippen LogP contribution >= 0.6 is 11.3 Å². The second kappa shape index (κ2) is 5.14. The van der Waals surface area contributed by atoms with Crippen molar-refractivity contribution >= 4 is 23.1 Å². The number of anilines is 1. The third-order valence-electron chi connectivity index (χ3n) is 2.41. The average Bonchev–Trinajstić information content (AvgIpc) is 2.76. The van der Waals surface area contributed by atoms with E-state index in [0.717, 1.165) is 9.88 Å². The van der Waals surface area contributed by atoms with Gasteiger partial charge in [-0.2, -0.15) is 0 Å². The fourth-order valence-electron chi connectivity index (χ4n) is 1.45. The van der Waals surface area contributed by atoms with Gasteiger partial charge in [0.2, 0.25) is 0 Å². The number of amides is 1. The summed E-state index contributed by atoms with van der Waals surface area (Å²) in [6.07, 6.45) is 3.26. The Morgan fingerprint density at radius 2 is 2.17 bits per heavy atom. The molecule has 5 nitrogen and oxygen atoms in total. The summed E-state index contributed by atoms with van der Waals surface area (Å²) in [5.74, 6) is 0.220. The Bertz CT molecular complexity index is 549. The van der Waals surface area contributed by atoms with Gasteiger partial charge in [-0.1, -0.05) is 0 Å². The molecule has 94 valence electrons. The van der Waals surface area contributed by atoms with Crippen molar-refractivity contribution in [2.24, 2.45) is 0 Å². The first kappa shape index (κ1) is 12.5. The number of hydrogen-bond acceptors (Lipinski definition) is 5. The number of carbonyl (C=O) groups is 1. The maximum atomic E-state index is 11.9. The highest BCUT2D eigenvalue weighted by Crippen LogP contribution is 2.19. The summed E-state index contributed by atoms with van der Waals surface area (Å²) in [7, 11) is 0. The number of nitrogens with one attached hydrogen (secondary N) is 1. The Balaban J connectivity index is 2.05. The van der Waals surface area contributed by atoms with Gasteiger partial charge >= 0.3 is 0 Å². The maximum Gasteiger partial charge on any atom is 0.253 e. The second-order valence-corrected chi connectivity index (χ2v) is 5.24. The Morgan fingerprint density at radius 1 is 1.39 bits per heavy atom. The number of pyridine rings is 1. The van der Waals surface area contributed by atoms with Gasteiger partial charge in [0.25, 0.3) is 5.91 Å². The number of aromatic nitrogens is 2. The predicted molar refractivity (Wildman–Crippen MR) is 71.4 cm³/mol. The Hall–Kier alpha value is -1.95. The molecule has 0 saturated carbocycles. The monoisotopic (exact) mass is 262 g/mol. The van der Waals surface area contributed by atoms with E-state index in [-0.39, 0.29) is 11.9 Å². The highest BCUT2D eigenvalue weighted by atomic mass is 32.1. The zero-order valence-corrected chi connectivity index (χ0v) is 11.0. The molecule has 0 fully saturated rings. The lowest BCUT2D eigenvalue weighted by Crippen LogP contribution is -2.26. The molecular formula is C12H14N4OS. The summed E-state index contributed by atoms with van der Waals surface area (Å²) < 4.78 is 0. The van der Waals surface area contributed by atoms with Crippen molar-refractivity contribution in [3.05, 3.63) is 40.0 Å². The fourth-order valence-corrected chi connectivity index (χ4v) is 2.23. The van der Waals surface area contributed by atoms with Gasteiger partial charge in [0.1, 0.15) is 10.8 Å². The third-order valence-corrected chi connectivity index (χ3v) is 3.50. The fraction of sp³-hybridized carbons (Fsp3) is 0.250. The largest absolute Gasteiger partial charge is 0.384 e. The van der Waals surface area contributed by atoms with Crippen molar-refractivity contribution in [3.63, 3.8) is 0 Å². The molecule has 1 atom stereocenters. The van der Waals surface area contributed by atoms with Crippen LogP contribution in [0, 0.1) is 6.92 Å². The summed E-state index contributed by atoms with van der Waals surface area (Å²) in [6.45, 7) is 3.89. The molecule has 0 aliphatic rings. The zero-order chi connectivity index (χ0) is 13.1. The van der Waals surface area contributed by atoms with Crippen LogP contribution in [0.2, 0.25) is 0 Å². The van der Waals surface area contributed by atoms with E-state index in [1.54, 1.807) is 29.7 Å². The minimum absolute atomic E-state index is 0.117. The van der Waals surface area contributed by atoms with E-state index < -0.39 is 0 Å². The van der Waals surface area contributed by atoms with Crippen LogP contribution in [0.3, 0.4) is 0 Å². The molecule has 6 heteroatoms. The van der Waals surface area contributed by atoms with Crippen LogP contribution in [-0.2, 0) is 0 Å². The Morgan fingerprint density at radius 3 is 2.72 bits per heavy atom. The van der Waals surface area contributed by atoms with Crippen LogP contribution < -0.4 is 11.1 Å². The first-order valence-corrected chi connectivity index (χ1v) is 6.32. The molecule has 0 aliphatic carbocycles. The highest BCUT2D eigenvalue weighted by molar-refractivity contribution is 7.11. The molecule has 2 aromatic heterocycles. The van der Waals surface area contributed by atoms with E-state index in [0.29, 0.717) is 11.4 Å². The molecule has 0 aromatic carbocycles. The Kier molecular flexibility index (Phi) is 3.57. The smallest absolute Gasteiger partial charge is 0.253 e. The number of rotatable bonds is 3. The molecule has 3 N–H and O–H groups in total. The number of nitrogen functional groups attached to an aromatic ring is 1. The van der Waals surface area contributed by atoms with Crippen LogP contribution in [0.15, 0.2) is 24.5 Å². The van der Waals surface area contributed by atoms with Gasteiger partial charge in [-0.05, 0) is 26.0 Å². The standard InChI is InChI=1S/C12H14N4OS/c1-7-5-15-12(18-7)8(2)16-11(17)9-3-4-10(13)14-6-9/h3-6,8H,1-2H3,(H2,13,14)(H,16,17). The number of aryl methyl sites for hydroxylation is 1. The van der Waals surface area contributed by atoms with E-state index in [1.807, 2.05) is 13.8 Å². The van der Waals surface area contributed by atoms with Gasteiger partial charge in [0.05, 0.1) is 11.6 Å². The number of hydrogen-bond donors (Lipinski definition) is 2. The summed E-state index contributed by atoms with van der Waals surface area (Å²) in [5.41, 5.74) is 5.96. The lowest BCUT2D eigenvalue weighted by atomic mass is 10.2. The molecule has 0 radical (unpaired) electrons. The molecule has 0 aliphatic heterocycles. The van der Waals surface area contributed by atoms with Crippen molar-refractivity contribution in [3.8, 4) is 0 Å². The first-order chi connectivity index (χ1) is 8.56. The maximum absolute atomic E-state index is 11.9. The Labute approximate surface area is 109 Å². The molecular weight excluding hydrogens is 248 g/mol. The minimum Gasteiger partial charge on any atom is -0.384 e. The van der Waals surface area contributed by atoms with Gasteiger partial charge < -0.3 is 11.1 Å². The average molecular weight is 262 g/mol. The quantitative estimate of drug-likeness (QED) is 0.885. The van der Waals surface area contributed by atoms with Crippen molar-refractivity contribution in [1.82, 2.24) is 15.3 Å². The summed E-state index contributed by atoms with van der Waals surface area (Å²) in [6, 6.07) is 3.14. The van der Waals surface area contributed by atoms with Gasteiger partial charge in [0.15, 0.2) is 0 Å². The molecule has 1 amide bonds. The van der Waals surface area contributed by atoms with E-state index in [9.17, 15) is 4.79 Å². The minimum atomic E-state index is -0.178. The van der Waals surface area contributed by atoms with Crippen LogP contribution in [0.5, 0.6) is 0 Å². The van der Waals surface area contributed by atoms with E-state index in [2.05, 4.69) is 15.3 Å². The first-order valence-electron chi connectivity index (χ1n) is 5.51. The van der Waals surface area contributed by atoms with Crippen LogP contribution in [-0.4, -0.2) is 15.9 Å². The molecule has 0 saturated heterocycles. The number of thiazole rings is 1. The number of nitrogens with two attached hydrogens (primary N) is 1. The topological polar surface area (TPSA) is 80.9 Å². The number of nitrogens with zero attached hydrogens (tertiary/aromatic N) is 2. The van der Waals surface area contributed by atoms with E-state index >= 15 is 0 Å². The lowest BCUT2D eigenvalue weighted by Gasteiger charge is -2.10. The van der Waals surface area contributed by atoms with Gasteiger partial charge in [-0.3, -0.25) is 4.79 Å². The van der Waals surface area contributed by atoms with E-state index in [4.69, 9.17) is 5.73 Å². The van der Waals surface area contributed by atoms with Crippen molar-refractivity contribution in [2.75, 3.05) is 5.73 Å². The normalized spacial score (nSPS) is 12.1. The van der Waals surface area contributed by atoms with Crippen molar-refractivity contribution in [2.45, 2.75) is 19.9 Å². The summed E-state index contributed by atoms with van der Waals surface area (Å²) in [5, 5.41) is 3.77. The van der Waals surface area contributed by atoms with E-state index in [1.165, 1.54) is 6.20 Å². The molecule has 2 aromatic rings. The summed E-state index contributed by atoms with van der Waals surface area (Å²) in [4.78, 5) is 21.2. The van der Waals surface area contributed by atoms with Gasteiger partial charge in [0, 0.05) is 17.3 Å². The molecule has 2 heterocycles. The molecule has 18 heavy (non-hydrogen) atoms. The molecule has 0 spiro atoms. The lowest BCUT2D eigenvalue weighted by molar-refractivity contribution is 0.0939. The van der Waals surface area contributed by atoms with Crippen molar-refractivity contribution in [1.29, 1.82) is 0 Å². The third kappa shape index (κ3) is 2.84. The van der Waals surface area contributed by atoms with Gasteiger partial charge in [-0.15, -0.1) is 11.3 Å². The van der Waals surface area contributed by atoms with Crippen LogP contribution in [0.4, 0.5) is 5.82 Å². The molecule has 1 unspecified atom stereocenters. The van der Waals surface area contributed by atoms with Crippen LogP contribution in [0.25, 0.3) is 0 Å². The second-order valence-electron chi connectivity index (χ2n) is 3.98. The predicted octanol–water partition coefficient (Wildman–Crippen LogP) is 1.92. The summed E-state index contributed by atoms with van der Waals surface area (Å²) >= 11 is 1.57. The zero-order valence-electron chi connectivity index (χ0n) is 10.2. The molecule has 0 bridgehead atoms. The highest BCUT2D eigenvalue weighted by Gasteiger charge is 2.14. The SMILES string of the molecule is Cc1cnc(C(C)NC(=O)c2ccc(N)nc2)s1. The number of carbonyl (C=O) groups excluding carboxylic acids is 1.